The minimum atomic E-state index is 0.0516. The average molecular weight is 290 g/mol. The van der Waals surface area contributed by atoms with Crippen molar-refractivity contribution in [2.75, 3.05) is 19.4 Å². The third kappa shape index (κ3) is 2.02. The summed E-state index contributed by atoms with van der Waals surface area (Å²) >= 11 is 1.45. The molecule has 3 rings (SSSR count). The van der Waals surface area contributed by atoms with E-state index >= 15 is 0 Å². The Kier molecular flexibility index (Phi) is 3.30. The largest absolute Gasteiger partial charge is 0.496 e. The lowest BCUT2D eigenvalue weighted by Gasteiger charge is -2.19. The quantitative estimate of drug-likeness (QED) is 0.941. The number of carbonyl (C=O) groups is 1. The van der Waals surface area contributed by atoms with Crippen LogP contribution in [0.3, 0.4) is 0 Å². The van der Waals surface area contributed by atoms with Gasteiger partial charge in [0.2, 0.25) is 0 Å². The SMILES string of the molecule is CCN(C(=O)c1sc2cccc(OC)c2c1N)C1CC1. The molecule has 2 aromatic rings. The fourth-order valence-corrected chi connectivity index (χ4v) is 3.65. The second-order valence-electron chi connectivity index (χ2n) is 5.00. The van der Waals surface area contributed by atoms with Crippen LogP contribution < -0.4 is 10.5 Å². The molecule has 2 N–H and O–H groups in total. The fourth-order valence-electron chi connectivity index (χ4n) is 2.55. The average Bonchev–Trinajstić information content (AvgIpc) is 3.23. The maximum Gasteiger partial charge on any atom is 0.266 e. The zero-order valence-corrected chi connectivity index (χ0v) is 12.5. The number of ether oxygens (including phenoxy) is 1. The molecule has 0 atom stereocenters. The zero-order chi connectivity index (χ0) is 14.3. The maximum atomic E-state index is 12.7. The summed E-state index contributed by atoms with van der Waals surface area (Å²) in [6, 6.07) is 6.17. The van der Waals surface area contributed by atoms with Gasteiger partial charge in [-0.3, -0.25) is 4.79 Å². The Morgan fingerprint density at radius 2 is 2.25 bits per heavy atom. The topological polar surface area (TPSA) is 55.6 Å². The standard InChI is InChI=1S/C15H18N2O2S/c1-3-17(9-7-8-9)15(18)14-13(16)12-10(19-2)5-4-6-11(12)20-14/h4-6,9H,3,7-8,16H2,1-2H3. The molecule has 1 aromatic heterocycles. The number of hydrogen-bond donors (Lipinski definition) is 1. The van der Waals surface area contributed by atoms with Crippen LogP contribution >= 0.6 is 11.3 Å². The predicted octanol–water partition coefficient (Wildman–Crippen LogP) is 3.12. The molecule has 106 valence electrons. The van der Waals surface area contributed by atoms with E-state index in [1.54, 1.807) is 7.11 Å². The second-order valence-corrected chi connectivity index (χ2v) is 6.05. The van der Waals surface area contributed by atoms with Crippen LogP contribution in [0.2, 0.25) is 0 Å². The first-order valence-corrected chi connectivity index (χ1v) is 7.65. The highest BCUT2D eigenvalue weighted by Gasteiger charge is 2.33. The molecular weight excluding hydrogens is 272 g/mol. The molecule has 1 fully saturated rings. The van der Waals surface area contributed by atoms with Crippen LogP contribution in [0.25, 0.3) is 10.1 Å². The Bertz CT molecular complexity index is 661. The molecule has 1 aromatic carbocycles. The number of anilines is 1. The van der Waals surface area contributed by atoms with Gasteiger partial charge in [-0.1, -0.05) is 6.07 Å². The monoisotopic (exact) mass is 290 g/mol. The molecule has 1 aliphatic rings. The summed E-state index contributed by atoms with van der Waals surface area (Å²) in [7, 11) is 1.62. The number of methoxy groups -OCH3 is 1. The fraction of sp³-hybridized carbons (Fsp3) is 0.400. The minimum Gasteiger partial charge on any atom is -0.496 e. The lowest BCUT2D eigenvalue weighted by atomic mass is 10.2. The van der Waals surface area contributed by atoms with E-state index in [9.17, 15) is 4.79 Å². The number of nitrogens with two attached hydrogens (primary N) is 1. The lowest BCUT2D eigenvalue weighted by molar-refractivity contribution is 0.0758. The smallest absolute Gasteiger partial charge is 0.266 e. The van der Waals surface area contributed by atoms with Crippen LogP contribution in [0.5, 0.6) is 5.75 Å². The summed E-state index contributed by atoms with van der Waals surface area (Å²) in [6.45, 7) is 2.74. The van der Waals surface area contributed by atoms with Crippen molar-refractivity contribution in [3.8, 4) is 5.75 Å². The summed E-state index contributed by atoms with van der Waals surface area (Å²) < 4.78 is 6.35. The number of hydrogen-bond acceptors (Lipinski definition) is 4. The van der Waals surface area contributed by atoms with Gasteiger partial charge in [0.25, 0.3) is 5.91 Å². The van der Waals surface area contributed by atoms with E-state index in [1.807, 2.05) is 30.0 Å². The Balaban J connectivity index is 2.07. The summed E-state index contributed by atoms with van der Waals surface area (Å²) in [4.78, 5) is 15.2. The Morgan fingerprint density at radius 3 is 2.85 bits per heavy atom. The van der Waals surface area contributed by atoms with Crippen molar-refractivity contribution in [2.45, 2.75) is 25.8 Å². The van der Waals surface area contributed by atoms with Crippen molar-refractivity contribution < 1.29 is 9.53 Å². The van der Waals surface area contributed by atoms with E-state index in [1.165, 1.54) is 11.3 Å². The van der Waals surface area contributed by atoms with E-state index in [4.69, 9.17) is 10.5 Å². The number of fused-ring (bicyclic) bond motifs is 1. The Hall–Kier alpha value is -1.75. The van der Waals surface area contributed by atoms with Crippen LogP contribution in [0.15, 0.2) is 18.2 Å². The van der Waals surface area contributed by atoms with E-state index < -0.39 is 0 Å². The van der Waals surface area contributed by atoms with Crippen molar-refractivity contribution in [2.24, 2.45) is 0 Å². The number of nitrogen functional groups attached to an aromatic ring is 1. The molecule has 0 saturated heterocycles. The van der Waals surface area contributed by atoms with Crippen LogP contribution in [-0.2, 0) is 0 Å². The van der Waals surface area contributed by atoms with Gasteiger partial charge in [0.05, 0.1) is 18.2 Å². The first-order valence-electron chi connectivity index (χ1n) is 6.83. The molecule has 0 radical (unpaired) electrons. The zero-order valence-electron chi connectivity index (χ0n) is 11.7. The Morgan fingerprint density at radius 1 is 1.50 bits per heavy atom. The number of amides is 1. The third-order valence-corrected chi connectivity index (χ3v) is 4.88. The van der Waals surface area contributed by atoms with Gasteiger partial charge in [0.15, 0.2) is 0 Å². The molecule has 1 heterocycles. The highest BCUT2D eigenvalue weighted by molar-refractivity contribution is 7.21. The van der Waals surface area contributed by atoms with Crippen molar-refractivity contribution in [3.63, 3.8) is 0 Å². The third-order valence-electron chi connectivity index (χ3n) is 3.72. The van der Waals surface area contributed by atoms with Crippen LogP contribution in [-0.4, -0.2) is 30.5 Å². The van der Waals surface area contributed by atoms with Crippen LogP contribution in [0.1, 0.15) is 29.4 Å². The molecule has 1 aliphatic carbocycles. The normalized spacial score (nSPS) is 14.5. The number of rotatable bonds is 4. The molecule has 0 unspecified atom stereocenters. The van der Waals surface area contributed by atoms with Crippen molar-refractivity contribution >= 4 is 33.0 Å². The second kappa shape index (κ2) is 4.98. The van der Waals surface area contributed by atoms with Crippen LogP contribution in [0.4, 0.5) is 5.69 Å². The molecule has 0 spiro atoms. The van der Waals surface area contributed by atoms with Gasteiger partial charge in [-0.25, -0.2) is 0 Å². The van der Waals surface area contributed by atoms with E-state index in [0.717, 1.165) is 35.2 Å². The molecule has 20 heavy (non-hydrogen) atoms. The van der Waals surface area contributed by atoms with Gasteiger partial charge in [-0.2, -0.15) is 0 Å². The number of carbonyl (C=O) groups excluding carboxylic acids is 1. The molecular formula is C15H18N2O2S. The van der Waals surface area contributed by atoms with Gasteiger partial charge in [0.1, 0.15) is 10.6 Å². The summed E-state index contributed by atoms with van der Waals surface area (Å²) in [6.07, 6.45) is 2.21. The first-order chi connectivity index (χ1) is 9.67. The first kappa shape index (κ1) is 13.2. The molecule has 5 heteroatoms. The lowest BCUT2D eigenvalue weighted by Crippen LogP contribution is -2.32. The Labute approximate surface area is 122 Å². The molecule has 0 bridgehead atoms. The minimum absolute atomic E-state index is 0.0516. The summed E-state index contributed by atoms with van der Waals surface area (Å²) in [5.74, 6) is 0.778. The molecule has 1 saturated carbocycles. The van der Waals surface area contributed by atoms with Crippen LogP contribution in [0, 0.1) is 0 Å². The predicted molar refractivity (Wildman–Crippen MR) is 82.5 cm³/mol. The molecule has 4 nitrogen and oxygen atoms in total. The van der Waals surface area contributed by atoms with E-state index in [0.29, 0.717) is 16.6 Å². The number of nitrogens with zero attached hydrogens (tertiary/aromatic N) is 1. The number of thiophene rings is 1. The van der Waals surface area contributed by atoms with Crippen molar-refractivity contribution in [1.82, 2.24) is 4.90 Å². The summed E-state index contributed by atoms with van der Waals surface area (Å²) in [5.41, 5.74) is 6.76. The number of benzene rings is 1. The molecule has 0 aliphatic heterocycles. The van der Waals surface area contributed by atoms with Gasteiger partial charge >= 0.3 is 0 Å². The van der Waals surface area contributed by atoms with E-state index in [-0.39, 0.29) is 5.91 Å². The van der Waals surface area contributed by atoms with Gasteiger partial charge in [0, 0.05) is 17.3 Å². The van der Waals surface area contributed by atoms with Crippen molar-refractivity contribution in [1.29, 1.82) is 0 Å². The highest BCUT2D eigenvalue weighted by atomic mass is 32.1. The van der Waals surface area contributed by atoms with Gasteiger partial charge in [-0.05, 0) is 31.9 Å². The highest BCUT2D eigenvalue weighted by Crippen LogP contribution is 2.41. The summed E-state index contributed by atoms with van der Waals surface area (Å²) in [5, 5.41) is 0.857. The van der Waals surface area contributed by atoms with Gasteiger partial charge in [-0.15, -0.1) is 11.3 Å². The van der Waals surface area contributed by atoms with Crippen molar-refractivity contribution in [3.05, 3.63) is 23.1 Å². The van der Waals surface area contributed by atoms with E-state index in [2.05, 4.69) is 0 Å². The molecule has 1 amide bonds. The van der Waals surface area contributed by atoms with Gasteiger partial charge < -0.3 is 15.4 Å². The maximum absolute atomic E-state index is 12.7.